The fourth-order valence-corrected chi connectivity index (χ4v) is 3.89. The molecule has 0 aliphatic carbocycles. The van der Waals surface area contributed by atoms with E-state index >= 15 is 0 Å². The zero-order chi connectivity index (χ0) is 20.0. The Hall–Kier alpha value is -0.203. The Morgan fingerprint density at radius 1 is 1.12 bits per heavy atom. The van der Waals surface area contributed by atoms with E-state index in [1.165, 1.54) is 0 Å². The Bertz CT molecular complexity index is 414. The first-order chi connectivity index (χ1) is 11.3. The topological polar surface area (TPSA) is 58.9 Å². The van der Waals surface area contributed by atoms with Gasteiger partial charge in [0, 0.05) is 38.1 Å². The van der Waals surface area contributed by atoms with Gasteiger partial charge in [0.2, 0.25) is 0 Å². The Kier molecular flexibility index (Phi) is 10.1. The molecule has 0 saturated heterocycles. The maximum absolute atomic E-state index is 10.7. The van der Waals surface area contributed by atoms with Crippen molar-refractivity contribution in [2.24, 2.45) is 17.8 Å². The van der Waals surface area contributed by atoms with E-state index in [0.29, 0.717) is 6.61 Å². The molecule has 2 N–H and O–H groups in total. The maximum Gasteiger partial charge on any atom is 0.191 e. The molecule has 0 fully saturated rings. The highest BCUT2D eigenvalue weighted by Gasteiger charge is 2.37. The van der Waals surface area contributed by atoms with E-state index in [-0.39, 0.29) is 35.5 Å². The summed E-state index contributed by atoms with van der Waals surface area (Å²) in [5.74, 6) is 0.213. The number of hydrogen-bond acceptors (Lipinski definition) is 4. The predicted octanol–water partition coefficient (Wildman–Crippen LogP) is 4.23. The van der Waals surface area contributed by atoms with E-state index < -0.39 is 14.4 Å². The molecule has 0 radical (unpaired) electrons. The highest BCUT2D eigenvalue weighted by Crippen LogP contribution is 2.37. The molecule has 0 aromatic carbocycles. The van der Waals surface area contributed by atoms with Gasteiger partial charge in [-0.1, -0.05) is 47.6 Å². The molecule has 0 saturated carbocycles. The fraction of sp³-hybridized carbons (Fsp3) is 0.900. The second-order valence-corrected chi connectivity index (χ2v) is 13.9. The first-order valence-corrected chi connectivity index (χ1v) is 12.3. The SMILES string of the molecule is CO[C@H]([C@@H](C)/C=C(\C)[C@@H](O)[C@H](C)CO[Si](C)(C)C(C)(C)C)[C@@H](C)CO. The normalized spacial score (nSPS) is 20.1. The van der Waals surface area contributed by atoms with Crippen molar-refractivity contribution in [3.8, 4) is 0 Å². The summed E-state index contributed by atoms with van der Waals surface area (Å²) < 4.78 is 11.8. The average Bonchev–Trinajstić information content (AvgIpc) is 2.50. The van der Waals surface area contributed by atoms with Crippen molar-refractivity contribution in [1.29, 1.82) is 0 Å². The zero-order valence-corrected chi connectivity index (χ0v) is 19.1. The molecule has 0 aromatic heterocycles. The van der Waals surface area contributed by atoms with Gasteiger partial charge in [0.25, 0.3) is 0 Å². The number of hydrogen-bond donors (Lipinski definition) is 2. The number of ether oxygens (including phenoxy) is 1. The Morgan fingerprint density at radius 3 is 2.04 bits per heavy atom. The van der Waals surface area contributed by atoms with Crippen LogP contribution >= 0.6 is 0 Å². The van der Waals surface area contributed by atoms with Gasteiger partial charge >= 0.3 is 0 Å². The third kappa shape index (κ3) is 7.51. The van der Waals surface area contributed by atoms with E-state index in [0.717, 1.165) is 5.57 Å². The lowest BCUT2D eigenvalue weighted by Crippen LogP contribution is -2.42. The molecular weight excluding hydrogens is 332 g/mol. The summed E-state index contributed by atoms with van der Waals surface area (Å²) in [5.41, 5.74) is 0.936. The van der Waals surface area contributed by atoms with Gasteiger partial charge in [-0.25, -0.2) is 0 Å². The van der Waals surface area contributed by atoms with Crippen LogP contribution in [0.5, 0.6) is 0 Å². The van der Waals surface area contributed by atoms with Gasteiger partial charge in [-0.15, -0.1) is 0 Å². The van der Waals surface area contributed by atoms with Crippen molar-refractivity contribution < 1.29 is 19.4 Å². The fourth-order valence-electron chi connectivity index (χ4n) is 2.77. The Labute approximate surface area is 156 Å². The van der Waals surface area contributed by atoms with Gasteiger partial charge in [-0.05, 0) is 30.6 Å². The van der Waals surface area contributed by atoms with Gasteiger partial charge in [0.05, 0.1) is 12.2 Å². The molecule has 0 bridgehead atoms. The number of aliphatic hydroxyl groups excluding tert-OH is 2. The number of methoxy groups -OCH3 is 1. The monoisotopic (exact) mass is 374 g/mol. The van der Waals surface area contributed by atoms with Crippen molar-refractivity contribution in [3.63, 3.8) is 0 Å². The minimum Gasteiger partial charge on any atom is -0.416 e. The average molecular weight is 375 g/mol. The van der Waals surface area contributed by atoms with Crippen LogP contribution in [0.15, 0.2) is 11.6 Å². The molecule has 5 heteroatoms. The molecule has 150 valence electrons. The summed E-state index contributed by atoms with van der Waals surface area (Å²) in [5, 5.41) is 20.2. The maximum atomic E-state index is 10.7. The van der Waals surface area contributed by atoms with Gasteiger partial charge in [-0.2, -0.15) is 0 Å². The van der Waals surface area contributed by atoms with Crippen molar-refractivity contribution in [1.82, 2.24) is 0 Å². The molecule has 25 heavy (non-hydrogen) atoms. The van der Waals surface area contributed by atoms with Crippen LogP contribution in [0.3, 0.4) is 0 Å². The molecule has 0 spiro atoms. The minimum absolute atomic E-state index is 0.0360. The molecule has 0 aliphatic heterocycles. The van der Waals surface area contributed by atoms with Crippen LogP contribution in [0.2, 0.25) is 18.1 Å². The third-order valence-corrected chi connectivity index (χ3v) is 10.2. The highest BCUT2D eigenvalue weighted by atomic mass is 28.4. The number of aliphatic hydroxyl groups is 2. The lowest BCUT2D eigenvalue weighted by Gasteiger charge is -2.37. The molecule has 0 amide bonds. The molecule has 0 rings (SSSR count). The second kappa shape index (κ2) is 10.2. The van der Waals surface area contributed by atoms with Gasteiger partial charge in [0.15, 0.2) is 8.32 Å². The van der Waals surface area contributed by atoms with Gasteiger partial charge in [-0.3, -0.25) is 0 Å². The Morgan fingerprint density at radius 2 is 1.64 bits per heavy atom. The summed E-state index contributed by atoms with van der Waals surface area (Å²) in [7, 11) is -0.133. The second-order valence-electron chi connectivity index (χ2n) is 9.12. The Balaban J connectivity index is 4.88. The zero-order valence-electron chi connectivity index (χ0n) is 18.1. The molecule has 0 aliphatic rings. The summed E-state index contributed by atoms with van der Waals surface area (Å²) in [6.45, 7) is 19.8. The molecular formula is C20H42O4Si. The molecule has 4 nitrogen and oxygen atoms in total. The molecule has 0 aromatic rings. The number of rotatable bonds is 10. The van der Waals surface area contributed by atoms with Gasteiger partial charge < -0.3 is 19.4 Å². The van der Waals surface area contributed by atoms with Crippen LogP contribution in [-0.4, -0.2) is 51.1 Å². The third-order valence-electron chi connectivity index (χ3n) is 5.68. The van der Waals surface area contributed by atoms with Crippen molar-refractivity contribution in [3.05, 3.63) is 11.6 Å². The molecule has 0 heterocycles. The summed E-state index contributed by atoms with van der Waals surface area (Å²) in [4.78, 5) is 0. The first kappa shape index (κ1) is 24.8. The van der Waals surface area contributed by atoms with Crippen LogP contribution in [0.1, 0.15) is 48.5 Å². The van der Waals surface area contributed by atoms with Crippen LogP contribution in [0, 0.1) is 17.8 Å². The predicted molar refractivity (Wildman–Crippen MR) is 108 cm³/mol. The van der Waals surface area contributed by atoms with Crippen LogP contribution in [0.25, 0.3) is 0 Å². The van der Waals surface area contributed by atoms with E-state index in [1.807, 2.05) is 20.8 Å². The lowest BCUT2D eigenvalue weighted by molar-refractivity contribution is 0.00990. The largest absolute Gasteiger partial charge is 0.416 e. The summed E-state index contributed by atoms with van der Waals surface area (Å²) >= 11 is 0. The smallest absolute Gasteiger partial charge is 0.191 e. The van der Waals surface area contributed by atoms with Crippen molar-refractivity contribution in [2.75, 3.05) is 20.3 Å². The van der Waals surface area contributed by atoms with E-state index in [9.17, 15) is 10.2 Å². The summed E-state index contributed by atoms with van der Waals surface area (Å²) in [6.07, 6.45) is 1.47. The van der Waals surface area contributed by atoms with E-state index in [2.05, 4.69) is 46.9 Å². The van der Waals surface area contributed by atoms with Crippen LogP contribution in [-0.2, 0) is 9.16 Å². The highest BCUT2D eigenvalue weighted by molar-refractivity contribution is 6.74. The molecule has 5 atom stereocenters. The van der Waals surface area contributed by atoms with Crippen LogP contribution in [0.4, 0.5) is 0 Å². The van der Waals surface area contributed by atoms with Crippen molar-refractivity contribution >= 4 is 8.32 Å². The van der Waals surface area contributed by atoms with Crippen LogP contribution < -0.4 is 0 Å². The lowest BCUT2D eigenvalue weighted by atomic mass is 9.89. The minimum atomic E-state index is -1.80. The standard InChI is InChI=1S/C20H42O4Si/c1-14(11-15(2)19(23-8)16(3)12-21)18(22)17(4)13-24-25(9,10)20(5,6)7/h11,15-19,21-22H,12-13H2,1-10H3/b14-11+/t15-,16-,17+,18+,19+/m0/s1. The molecule has 0 unspecified atom stereocenters. The van der Waals surface area contributed by atoms with Gasteiger partial charge in [0.1, 0.15) is 0 Å². The van der Waals surface area contributed by atoms with E-state index in [4.69, 9.17) is 9.16 Å². The van der Waals surface area contributed by atoms with E-state index in [1.54, 1.807) is 7.11 Å². The first-order valence-electron chi connectivity index (χ1n) is 9.42. The summed E-state index contributed by atoms with van der Waals surface area (Å²) in [6, 6.07) is 0. The van der Waals surface area contributed by atoms with Crippen molar-refractivity contribution in [2.45, 2.75) is 78.8 Å². The quantitative estimate of drug-likeness (QED) is 0.444.